The summed E-state index contributed by atoms with van der Waals surface area (Å²) in [7, 11) is 0. The third-order valence-electron chi connectivity index (χ3n) is 4.51. The maximum absolute atomic E-state index is 4.71. The van der Waals surface area contributed by atoms with Gasteiger partial charge in [-0.15, -0.1) is 0 Å². The molecule has 1 fully saturated rings. The predicted octanol–water partition coefficient (Wildman–Crippen LogP) is 2.42. The Kier molecular flexibility index (Phi) is 6.00. The zero-order valence-electron chi connectivity index (χ0n) is 14.0. The fraction of sp³-hybridized carbons (Fsp3) is 0.706. The molecule has 1 aliphatic heterocycles. The van der Waals surface area contributed by atoms with E-state index in [4.69, 9.17) is 4.98 Å². The molecule has 4 heteroatoms. The van der Waals surface area contributed by atoms with E-state index >= 15 is 0 Å². The minimum absolute atomic E-state index is 0.698. The molecule has 1 aromatic heterocycles. The summed E-state index contributed by atoms with van der Waals surface area (Å²) in [5.41, 5.74) is 2.57. The molecule has 1 saturated heterocycles. The second-order valence-electron chi connectivity index (χ2n) is 6.04. The molecular weight excluding hydrogens is 260 g/mol. The lowest BCUT2D eigenvalue weighted by atomic mass is 10.1. The maximum atomic E-state index is 4.71. The number of hydrogen-bond donors (Lipinski definition) is 1. The molecule has 0 spiro atoms. The Morgan fingerprint density at radius 1 is 1.24 bits per heavy atom. The molecule has 1 unspecified atom stereocenters. The van der Waals surface area contributed by atoms with Gasteiger partial charge in [-0.05, 0) is 44.0 Å². The molecule has 0 aliphatic carbocycles. The van der Waals surface area contributed by atoms with Gasteiger partial charge in [0.1, 0.15) is 5.82 Å². The topological polar surface area (TPSA) is 31.4 Å². The van der Waals surface area contributed by atoms with E-state index in [-0.39, 0.29) is 0 Å². The molecule has 2 rings (SSSR count). The average Bonchev–Trinajstić information content (AvgIpc) is 2.52. The van der Waals surface area contributed by atoms with Crippen molar-refractivity contribution in [3.05, 3.63) is 23.4 Å². The SMILES string of the molecule is CCNCc1cnc(N2CCN(C(C)CC)CC2)c(C)c1. The van der Waals surface area contributed by atoms with Crippen LogP contribution in [-0.2, 0) is 6.54 Å². The molecule has 21 heavy (non-hydrogen) atoms. The van der Waals surface area contributed by atoms with Crippen LogP contribution in [0.3, 0.4) is 0 Å². The van der Waals surface area contributed by atoms with E-state index in [1.54, 1.807) is 0 Å². The fourth-order valence-corrected chi connectivity index (χ4v) is 2.96. The van der Waals surface area contributed by atoms with Crippen LogP contribution in [-0.4, -0.2) is 48.6 Å². The zero-order valence-corrected chi connectivity index (χ0v) is 14.0. The number of piperazine rings is 1. The lowest BCUT2D eigenvalue weighted by Crippen LogP contribution is -2.49. The van der Waals surface area contributed by atoms with E-state index in [0.717, 1.165) is 39.3 Å². The van der Waals surface area contributed by atoms with Gasteiger partial charge in [0.25, 0.3) is 0 Å². The Labute approximate surface area is 129 Å². The van der Waals surface area contributed by atoms with Gasteiger partial charge in [-0.3, -0.25) is 4.90 Å². The monoisotopic (exact) mass is 290 g/mol. The molecule has 0 aromatic carbocycles. The van der Waals surface area contributed by atoms with Crippen LogP contribution in [0.15, 0.2) is 12.3 Å². The molecule has 0 saturated carbocycles. The van der Waals surface area contributed by atoms with E-state index in [2.05, 4.69) is 48.9 Å². The summed E-state index contributed by atoms with van der Waals surface area (Å²) in [6.45, 7) is 15.3. The Hall–Kier alpha value is -1.13. The highest BCUT2D eigenvalue weighted by atomic mass is 15.3. The summed E-state index contributed by atoms with van der Waals surface area (Å²) in [5, 5.41) is 3.36. The van der Waals surface area contributed by atoms with Crippen LogP contribution < -0.4 is 10.2 Å². The first-order valence-corrected chi connectivity index (χ1v) is 8.31. The quantitative estimate of drug-likeness (QED) is 0.872. The fourth-order valence-electron chi connectivity index (χ4n) is 2.96. The van der Waals surface area contributed by atoms with Gasteiger partial charge in [0.15, 0.2) is 0 Å². The largest absolute Gasteiger partial charge is 0.354 e. The van der Waals surface area contributed by atoms with E-state index in [0.29, 0.717) is 6.04 Å². The minimum atomic E-state index is 0.698. The summed E-state index contributed by atoms with van der Waals surface area (Å²) in [6, 6.07) is 2.97. The molecule has 118 valence electrons. The smallest absolute Gasteiger partial charge is 0.131 e. The zero-order chi connectivity index (χ0) is 15.2. The molecule has 1 N–H and O–H groups in total. The number of aromatic nitrogens is 1. The van der Waals surface area contributed by atoms with Gasteiger partial charge in [-0.2, -0.15) is 0 Å². The van der Waals surface area contributed by atoms with Crippen LogP contribution >= 0.6 is 0 Å². The van der Waals surface area contributed by atoms with Gasteiger partial charge in [0, 0.05) is 45.0 Å². The van der Waals surface area contributed by atoms with Crippen molar-refractivity contribution in [1.82, 2.24) is 15.2 Å². The Morgan fingerprint density at radius 2 is 1.95 bits per heavy atom. The molecule has 2 heterocycles. The molecule has 1 aromatic rings. The lowest BCUT2D eigenvalue weighted by molar-refractivity contribution is 0.192. The van der Waals surface area contributed by atoms with Crippen LogP contribution in [0.2, 0.25) is 0 Å². The van der Waals surface area contributed by atoms with Crippen LogP contribution in [0.4, 0.5) is 5.82 Å². The summed E-state index contributed by atoms with van der Waals surface area (Å²) in [6.07, 6.45) is 3.25. The van der Waals surface area contributed by atoms with E-state index in [9.17, 15) is 0 Å². The molecular formula is C17H30N4. The van der Waals surface area contributed by atoms with Crippen molar-refractivity contribution in [3.8, 4) is 0 Å². The molecule has 0 amide bonds. The van der Waals surface area contributed by atoms with Crippen LogP contribution in [0, 0.1) is 6.92 Å². The van der Waals surface area contributed by atoms with Crippen molar-refractivity contribution < 1.29 is 0 Å². The van der Waals surface area contributed by atoms with Crippen molar-refractivity contribution in [1.29, 1.82) is 0 Å². The molecule has 0 radical (unpaired) electrons. The molecule has 4 nitrogen and oxygen atoms in total. The normalized spacial score (nSPS) is 18.0. The number of nitrogens with zero attached hydrogens (tertiary/aromatic N) is 3. The third kappa shape index (κ3) is 4.17. The van der Waals surface area contributed by atoms with E-state index in [1.165, 1.54) is 23.4 Å². The highest BCUT2D eigenvalue weighted by molar-refractivity contribution is 5.47. The second-order valence-corrected chi connectivity index (χ2v) is 6.04. The molecule has 0 bridgehead atoms. The average molecular weight is 290 g/mol. The first-order valence-electron chi connectivity index (χ1n) is 8.31. The summed E-state index contributed by atoms with van der Waals surface area (Å²) < 4.78 is 0. The lowest BCUT2D eigenvalue weighted by Gasteiger charge is -2.38. The highest BCUT2D eigenvalue weighted by Crippen LogP contribution is 2.20. The van der Waals surface area contributed by atoms with Gasteiger partial charge in [0.05, 0.1) is 0 Å². The van der Waals surface area contributed by atoms with Crippen molar-refractivity contribution in [2.75, 3.05) is 37.6 Å². The molecule has 1 aliphatic rings. The van der Waals surface area contributed by atoms with Crippen LogP contribution in [0.5, 0.6) is 0 Å². The highest BCUT2D eigenvalue weighted by Gasteiger charge is 2.21. The number of rotatable bonds is 6. The van der Waals surface area contributed by atoms with E-state index in [1.807, 2.05) is 6.20 Å². The standard InChI is InChI=1S/C17H30N4/c1-5-15(4)20-7-9-21(10-8-20)17-14(3)11-16(13-19-17)12-18-6-2/h11,13,15,18H,5-10,12H2,1-4H3. The summed E-state index contributed by atoms with van der Waals surface area (Å²) in [5.74, 6) is 1.17. The van der Waals surface area contributed by atoms with E-state index < -0.39 is 0 Å². The number of aryl methyl sites for hydroxylation is 1. The van der Waals surface area contributed by atoms with Gasteiger partial charge in [0.2, 0.25) is 0 Å². The van der Waals surface area contributed by atoms with Crippen molar-refractivity contribution in [3.63, 3.8) is 0 Å². The van der Waals surface area contributed by atoms with Gasteiger partial charge < -0.3 is 10.2 Å². The first-order chi connectivity index (χ1) is 10.2. The number of nitrogens with one attached hydrogen (secondary N) is 1. The number of anilines is 1. The number of pyridine rings is 1. The van der Waals surface area contributed by atoms with Gasteiger partial charge >= 0.3 is 0 Å². The van der Waals surface area contributed by atoms with Crippen molar-refractivity contribution in [2.45, 2.75) is 46.7 Å². The van der Waals surface area contributed by atoms with Gasteiger partial charge in [-0.1, -0.05) is 13.8 Å². The predicted molar refractivity (Wildman–Crippen MR) is 89.9 cm³/mol. The minimum Gasteiger partial charge on any atom is -0.354 e. The number of hydrogen-bond acceptors (Lipinski definition) is 4. The Balaban J connectivity index is 1.97. The van der Waals surface area contributed by atoms with Crippen LogP contribution in [0.25, 0.3) is 0 Å². The molecule has 1 atom stereocenters. The first kappa shape index (κ1) is 16.2. The second kappa shape index (κ2) is 7.76. The Bertz CT molecular complexity index is 438. The Morgan fingerprint density at radius 3 is 2.52 bits per heavy atom. The van der Waals surface area contributed by atoms with Crippen LogP contribution in [0.1, 0.15) is 38.3 Å². The van der Waals surface area contributed by atoms with Gasteiger partial charge in [-0.25, -0.2) is 4.98 Å². The third-order valence-corrected chi connectivity index (χ3v) is 4.51. The van der Waals surface area contributed by atoms with Crippen molar-refractivity contribution in [2.24, 2.45) is 0 Å². The summed E-state index contributed by atoms with van der Waals surface area (Å²) in [4.78, 5) is 9.74. The summed E-state index contributed by atoms with van der Waals surface area (Å²) >= 11 is 0. The van der Waals surface area contributed by atoms with Crippen molar-refractivity contribution >= 4 is 5.82 Å². The maximum Gasteiger partial charge on any atom is 0.131 e.